The molecule has 3 aromatic rings. The molecule has 0 saturated heterocycles. The molecule has 0 aliphatic heterocycles. The smallest absolute Gasteiger partial charge is 0.399 e. The Bertz CT molecular complexity index is 1080. The molecule has 0 fully saturated rings. The lowest BCUT2D eigenvalue weighted by atomic mass is 10.2. The molecule has 30 heavy (non-hydrogen) atoms. The van der Waals surface area contributed by atoms with Crippen LogP contribution in [-0.2, 0) is 16.2 Å². The summed E-state index contributed by atoms with van der Waals surface area (Å²) in [6, 6.07) is 15.1. The Kier molecular flexibility index (Phi) is 7.87. The molecule has 0 radical (unpaired) electrons. The predicted octanol–water partition coefficient (Wildman–Crippen LogP) is 6.74. The average molecular weight is 498 g/mol. The fourth-order valence-electron chi connectivity index (χ4n) is 2.08. The van der Waals surface area contributed by atoms with E-state index in [9.17, 15) is 21.6 Å². The summed E-state index contributed by atoms with van der Waals surface area (Å²) < 4.78 is 64.7. The molecule has 0 aromatic heterocycles. The number of nitrogens with two attached hydrogens (primary N) is 1. The first-order valence-electron chi connectivity index (χ1n) is 8.04. The van der Waals surface area contributed by atoms with E-state index in [0.29, 0.717) is 11.1 Å². The number of sulfonamides is 1. The molecular formula is C19H14Cl3F3N2O2S. The molecule has 0 heterocycles. The van der Waals surface area contributed by atoms with Gasteiger partial charge < -0.3 is 5.73 Å². The van der Waals surface area contributed by atoms with E-state index in [-0.39, 0.29) is 5.69 Å². The van der Waals surface area contributed by atoms with Crippen molar-refractivity contribution in [2.75, 3.05) is 10.5 Å². The predicted molar refractivity (Wildman–Crippen MR) is 115 cm³/mol. The van der Waals surface area contributed by atoms with Crippen molar-refractivity contribution in [3.63, 3.8) is 0 Å². The second-order valence-corrected chi connectivity index (χ2v) is 8.77. The minimum atomic E-state index is -4.75. The minimum absolute atomic E-state index is 0.174. The van der Waals surface area contributed by atoms with Crippen LogP contribution in [0, 0.1) is 0 Å². The number of halogens is 6. The summed E-state index contributed by atoms with van der Waals surface area (Å²) in [7, 11) is -4.18. The molecule has 3 rings (SSSR count). The Morgan fingerprint density at radius 1 is 0.800 bits per heavy atom. The number of alkyl halides is 3. The van der Waals surface area contributed by atoms with Crippen molar-refractivity contribution in [1.82, 2.24) is 0 Å². The molecule has 3 aromatic carbocycles. The van der Waals surface area contributed by atoms with Gasteiger partial charge in [-0.1, -0.05) is 34.8 Å². The largest absolute Gasteiger partial charge is 0.417 e. The highest BCUT2D eigenvalue weighted by Gasteiger charge is 2.34. The number of nitrogens with one attached hydrogen (secondary N) is 1. The lowest BCUT2D eigenvalue weighted by Crippen LogP contribution is -2.15. The van der Waals surface area contributed by atoms with Gasteiger partial charge in [0, 0.05) is 21.4 Å². The van der Waals surface area contributed by atoms with Crippen LogP contribution in [0.5, 0.6) is 0 Å². The Morgan fingerprint density at radius 3 is 1.77 bits per heavy atom. The van der Waals surface area contributed by atoms with Gasteiger partial charge in [0.15, 0.2) is 0 Å². The Hall–Kier alpha value is -2.13. The summed E-state index contributed by atoms with van der Waals surface area (Å²) in [5, 5.41) is 0.547. The number of rotatable bonds is 3. The molecule has 0 atom stereocenters. The van der Waals surface area contributed by atoms with Crippen LogP contribution in [0.2, 0.25) is 15.1 Å². The van der Waals surface area contributed by atoms with E-state index < -0.39 is 31.7 Å². The molecule has 160 valence electrons. The van der Waals surface area contributed by atoms with Crippen molar-refractivity contribution in [1.29, 1.82) is 0 Å². The normalized spacial score (nSPS) is 11.4. The van der Waals surface area contributed by atoms with Gasteiger partial charge in [-0.05, 0) is 66.7 Å². The summed E-state index contributed by atoms with van der Waals surface area (Å²) in [5.41, 5.74) is 5.07. The quantitative estimate of drug-likeness (QED) is 0.394. The van der Waals surface area contributed by atoms with E-state index in [1.54, 1.807) is 24.3 Å². The van der Waals surface area contributed by atoms with Gasteiger partial charge in [0.25, 0.3) is 10.0 Å². The molecule has 0 spiro atoms. The molecule has 0 saturated carbocycles. The number of anilines is 2. The van der Waals surface area contributed by atoms with E-state index in [1.807, 2.05) is 0 Å². The summed E-state index contributed by atoms with van der Waals surface area (Å²) in [6.45, 7) is 0. The van der Waals surface area contributed by atoms with E-state index in [0.717, 1.165) is 22.8 Å². The highest BCUT2D eigenvalue weighted by atomic mass is 35.5. The lowest BCUT2D eigenvalue weighted by Gasteiger charge is -2.12. The molecule has 3 N–H and O–H groups in total. The average Bonchev–Trinajstić information content (AvgIpc) is 2.65. The van der Waals surface area contributed by atoms with E-state index >= 15 is 0 Å². The van der Waals surface area contributed by atoms with Crippen molar-refractivity contribution in [2.45, 2.75) is 11.1 Å². The van der Waals surface area contributed by atoms with Gasteiger partial charge in [-0.15, -0.1) is 0 Å². The summed E-state index contributed by atoms with van der Waals surface area (Å²) in [4.78, 5) is -0.542. The first-order chi connectivity index (χ1) is 13.9. The molecule has 4 nitrogen and oxygen atoms in total. The highest BCUT2D eigenvalue weighted by molar-refractivity contribution is 7.92. The number of nitrogen functional groups attached to an aromatic ring is 1. The van der Waals surface area contributed by atoms with Gasteiger partial charge in [0.2, 0.25) is 0 Å². The van der Waals surface area contributed by atoms with Gasteiger partial charge >= 0.3 is 6.18 Å². The molecule has 11 heteroatoms. The van der Waals surface area contributed by atoms with Crippen LogP contribution in [0.15, 0.2) is 71.6 Å². The van der Waals surface area contributed by atoms with Crippen LogP contribution in [0.4, 0.5) is 24.5 Å². The third kappa shape index (κ3) is 6.98. The fourth-order valence-corrected chi connectivity index (χ4v) is 3.64. The van der Waals surface area contributed by atoms with Crippen LogP contribution in [0.1, 0.15) is 5.56 Å². The first kappa shape index (κ1) is 24.1. The van der Waals surface area contributed by atoms with E-state index in [1.165, 1.54) is 24.3 Å². The van der Waals surface area contributed by atoms with Crippen molar-refractivity contribution >= 4 is 56.2 Å². The van der Waals surface area contributed by atoms with Crippen LogP contribution < -0.4 is 10.5 Å². The van der Waals surface area contributed by atoms with Crippen LogP contribution in [-0.4, -0.2) is 8.42 Å². The second kappa shape index (κ2) is 9.78. The van der Waals surface area contributed by atoms with Gasteiger partial charge in [0.1, 0.15) is 0 Å². The Labute approximate surface area is 186 Å². The van der Waals surface area contributed by atoms with Gasteiger partial charge in [-0.2, -0.15) is 13.2 Å². The van der Waals surface area contributed by atoms with Gasteiger partial charge in [-0.3, -0.25) is 4.72 Å². The molecule has 0 amide bonds. The maximum Gasteiger partial charge on any atom is 0.417 e. The van der Waals surface area contributed by atoms with Crippen LogP contribution >= 0.6 is 34.8 Å². The molecule has 0 aliphatic carbocycles. The van der Waals surface area contributed by atoms with E-state index in [2.05, 4.69) is 4.72 Å². The zero-order chi connectivity index (χ0) is 22.5. The Balaban J connectivity index is 0.000000335. The summed E-state index contributed by atoms with van der Waals surface area (Å²) in [6.07, 6.45) is -4.75. The minimum Gasteiger partial charge on any atom is -0.399 e. The number of hydrogen-bond donors (Lipinski definition) is 2. The maximum atomic E-state index is 12.8. The van der Waals surface area contributed by atoms with Crippen molar-refractivity contribution < 1.29 is 21.6 Å². The van der Waals surface area contributed by atoms with Crippen molar-refractivity contribution in [2.24, 2.45) is 0 Å². The van der Waals surface area contributed by atoms with Crippen LogP contribution in [0.25, 0.3) is 0 Å². The number of hydrogen-bond acceptors (Lipinski definition) is 3. The van der Waals surface area contributed by atoms with Crippen LogP contribution in [0.3, 0.4) is 0 Å². The molecule has 0 bridgehead atoms. The fraction of sp³-hybridized carbons (Fsp3) is 0.0526. The topological polar surface area (TPSA) is 72.2 Å². The van der Waals surface area contributed by atoms with E-state index in [4.69, 9.17) is 40.5 Å². The lowest BCUT2D eigenvalue weighted by molar-refractivity contribution is -0.137. The summed E-state index contributed by atoms with van der Waals surface area (Å²) in [5.74, 6) is 0. The maximum absolute atomic E-state index is 12.8. The standard InChI is InChI=1S/C13H8Cl2F3NO2S.C6H6ClN/c14-8-1-3-9(4-2-8)19-22(20,21)10-5-6-12(15)11(7-10)13(16,17)18;7-5-1-3-6(8)4-2-5/h1-7,19H;1-4H,8H2. The zero-order valence-corrected chi connectivity index (χ0v) is 18.0. The first-order valence-corrected chi connectivity index (χ1v) is 10.7. The molecule has 0 unspecified atom stereocenters. The highest BCUT2D eigenvalue weighted by Crippen LogP contribution is 2.36. The SMILES string of the molecule is Nc1ccc(Cl)cc1.O=S(=O)(Nc1ccc(Cl)cc1)c1ccc(Cl)c(C(F)(F)F)c1. The van der Waals surface area contributed by atoms with Gasteiger partial charge in [-0.25, -0.2) is 8.42 Å². The third-order valence-electron chi connectivity index (χ3n) is 3.52. The Morgan fingerprint density at radius 2 is 1.30 bits per heavy atom. The third-order valence-corrected chi connectivity index (χ3v) is 5.73. The monoisotopic (exact) mass is 496 g/mol. The van der Waals surface area contributed by atoms with Crippen molar-refractivity contribution in [3.8, 4) is 0 Å². The van der Waals surface area contributed by atoms with Gasteiger partial charge in [0.05, 0.1) is 15.5 Å². The number of benzene rings is 3. The second-order valence-electron chi connectivity index (χ2n) is 5.80. The molecular weight excluding hydrogens is 484 g/mol. The van der Waals surface area contributed by atoms with Crippen molar-refractivity contribution in [3.05, 3.63) is 87.4 Å². The molecule has 0 aliphatic rings. The zero-order valence-electron chi connectivity index (χ0n) is 14.9. The summed E-state index contributed by atoms with van der Waals surface area (Å²) >= 11 is 16.7.